The molecule has 216 valence electrons. The minimum absolute atomic E-state index is 0.0955. The van der Waals surface area contributed by atoms with E-state index in [0.29, 0.717) is 47.1 Å². The second kappa shape index (κ2) is 10.6. The van der Waals surface area contributed by atoms with Crippen LogP contribution in [-0.2, 0) is 34.7 Å². The van der Waals surface area contributed by atoms with Crippen molar-refractivity contribution in [3.05, 3.63) is 56.9 Å². The van der Waals surface area contributed by atoms with E-state index in [-0.39, 0.29) is 24.7 Å². The van der Waals surface area contributed by atoms with Crippen LogP contribution in [0.5, 0.6) is 5.75 Å². The standard InChI is InChI=1S/C32H37N3O6/c1-4-7-8-19-11-13-34(14-12-19)31(38)41-20-9-10-26-22(15-20)21(5-2)23-17-35-27(28(23)33-26)16-25-24(29(35)36)18-40-30(37)32(25,39)6-3/h9-10,15-16,19,39H,4-8,11-14,17-18H2,1-3H3. The van der Waals surface area contributed by atoms with Crippen LogP contribution < -0.4 is 10.3 Å². The van der Waals surface area contributed by atoms with Crippen LogP contribution in [0.15, 0.2) is 29.1 Å². The number of nitrogens with zero attached hydrogens (tertiary/aromatic N) is 3. The van der Waals surface area contributed by atoms with Gasteiger partial charge in [0.15, 0.2) is 5.60 Å². The maximum absolute atomic E-state index is 13.5. The van der Waals surface area contributed by atoms with E-state index in [2.05, 4.69) is 13.8 Å². The largest absolute Gasteiger partial charge is 0.458 e. The molecule has 1 amide bonds. The van der Waals surface area contributed by atoms with Gasteiger partial charge in [0.05, 0.1) is 29.0 Å². The highest BCUT2D eigenvalue weighted by Gasteiger charge is 2.45. The van der Waals surface area contributed by atoms with E-state index < -0.39 is 11.6 Å². The molecule has 0 radical (unpaired) electrons. The highest BCUT2D eigenvalue weighted by molar-refractivity contribution is 5.90. The number of likely N-dealkylation sites (tertiary alicyclic amines) is 1. The summed E-state index contributed by atoms with van der Waals surface area (Å²) in [6.07, 6.45) is 6.15. The first-order valence-corrected chi connectivity index (χ1v) is 14.9. The summed E-state index contributed by atoms with van der Waals surface area (Å²) in [5.74, 6) is 0.420. The molecule has 1 fully saturated rings. The number of unbranched alkanes of at least 4 members (excludes halogenated alkanes) is 1. The van der Waals surface area contributed by atoms with Crippen molar-refractivity contribution in [2.75, 3.05) is 13.1 Å². The molecular formula is C32H37N3O6. The Hall–Kier alpha value is -3.72. The number of fused-ring (bicyclic) bond motifs is 5. The Morgan fingerprint density at radius 1 is 1.15 bits per heavy atom. The lowest BCUT2D eigenvalue weighted by Crippen LogP contribution is -2.44. The van der Waals surface area contributed by atoms with Crippen LogP contribution in [0.1, 0.15) is 81.5 Å². The molecule has 1 aromatic carbocycles. The van der Waals surface area contributed by atoms with Crippen LogP contribution in [0.3, 0.4) is 0 Å². The molecular weight excluding hydrogens is 522 g/mol. The van der Waals surface area contributed by atoms with Crippen molar-refractivity contribution >= 4 is 23.0 Å². The fourth-order valence-electron chi connectivity index (χ4n) is 6.67. The first kappa shape index (κ1) is 27.4. The average Bonchev–Trinajstić information content (AvgIpc) is 3.35. The number of carbonyl (C=O) groups excluding carboxylic acids is 2. The molecule has 1 saturated heterocycles. The van der Waals surface area contributed by atoms with Gasteiger partial charge in [-0.2, -0.15) is 0 Å². The number of aryl methyl sites for hydroxylation is 1. The van der Waals surface area contributed by atoms with E-state index in [1.807, 2.05) is 12.1 Å². The number of aromatic nitrogens is 2. The number of cyclic esters (lactones) is 1. The Kier molecular flexibility index (Phi) is 7.09. The lowest BCUT2D eigenvalue weighted by atomic mass is 9.86. The number of piperidine rings is 1. The molecule has 1 N–H and O–H groups in total. The zero-order chi connectivity index (χ0) is 28.9. The summed E-state index contributed by atoms with van der Waals surface area (Å²) >= 11 is 0. The summed E-state index contributed by atoms with van der Waals surface area (Å²) in [5.41, 5.74) is 2.38. The first-order valence-electron chi connectivity index (χ1n) is 14.9. The third-order valence-corrected chi connectivity index (χ3v) is 9.17. The third kappa shape index (κ3) is 4.51. The molecule has 9 heteroatoms. The number of ether oxygens (including phenoxy) is 2. The molecule has 0 aliphatic carbocycles. The molecule has 0 bridgehead atoms. The maximum atomic E-state index is 13.5. The molecule has 1 unspecified atom stereocenters. The summed E-state index contributed by atoms with van der Waals surface area (Å²) in [4.78, 5) is 45.7. The normalized spacial score (nSPS) is 20.0. The van der Waals surface area contributed by atoms with E-state index in [1.165, 1.54) is 19.3 Å². The van der Waals surface area contributed by atoms with Gasteiger partial charge in [0.1, 0.15) is 12.4 Å². The summed E-state index contributed by atoms with van der Waals surface area (Å²) in [5, 5.41) is 12.0. The van der Waals surface area contributed by atoms with Gasteiger partial charge in [-0.3, -0.25) is 4.79 Å². The summed E-state index contributed by atoms with van der Waals surface area (Å²) in [6.45, 7) is 7.56. The molecule has 41 heavy (non-hydrogen) atoms. The number of hydrogen-bond donors (Lipinski definition) is 1. The number of hydrogen-bond acceptors (Lipinski definition) is 7. The second-order valence-electron chi connectivity index (χ2n) is 11.5. The van der Waals surface area contributed by atoms with Crippen LogP contribution >= 0.6 is 0 Å². The fourth-order valence-corrected chi connectivity index (χ4v) is 6.67. The third-order valence-electron chi connectivity index (χ3n) is 9.17. The Bertz CT molecular complexity index is 1600. The average molecular weight is 560 g/mol. The summed E-state index contributed by atoms with van der Waals surface area (Å²) in [6, 6.07) is 7.19. The number of benzene rings is 1. The second-order valence-corrected chi connectivity index (χ2v) is 11.5. The smallest absolute Gasteiger partial charge is 0.415 e. The molecule has 3 aliphatic heterocycles. The van der Waals surface area contributed by atoms with Gasteiger partial charge < -0.3 is 24.0 Å². The highest BCUT2D eigenvalue weighted by atomic mass is 16.6. The Morgan fingerprint density at radius 2 is 1.93 bits per heavy atom. The SMILES string of the molecule is CCCCC1CCN(C(=O)Oc2ccc3nc4c(c(CC)c3c2)Cn2c-4cc3c(c2=O)COC(=O)C3(O)CC)CC1. The van der Waals surface area contributed by atoms with Crippen LogP contribution in [0.2, 0.25) is 0 Å². The molecule has 2 aromatic heterocycles. The number of aliphatic hydroxyl groups is 1. The van der Waals surface area contributed by atoms with Crippen molar-refractivity contribution in [1.29, 1.82) is 0 Å². The molecule has 5 heterocycles. The number of carbonyl (C=O) groups is 2. The lowest BCUT2D eigenvalue weighted by molar-refractivity contribution is -0.172. The predicted molar refractivity (Wildman–Crippen MR) is 154 cm³/mol. The minimum atomic E-state index is -1.86. The van der Waals surface area contributed by atoms with E-state index >= 15 is 0 Å². The predicted octanol–water partition coefficient (Wildman–Crippen LogP) is 5.04. The van der Waals surface area contributed by atoms with Gasteiger partial charge in [0, 0.05) is 29.6 Å². The van der Waals surface area contributed by atoms with E-state index in [0.717, 1.165) is 48.0 Å². The van der Waals surface area contributed by atoms with E-state index in [4.69, 9.17) is 14.5 Å². The molecule has 0 spiro atoms. The van der Waals surface area contributed by atoms with Crippen LogP contribution in [0.25, 0.3) is 22.3 Å². The van der Waals surface area contributed by atoms with Crippen molar-refractivity contribution in [1.82, 2.24) is 14.5 Å². The van der Waals surface area contributed by atoms with Crippen LogP contribution in [0.4, 0.5) is 4.79 Å². The number of esters is 1. The topological polar surface area (TPSA) is 111 Å². The van der Waals surface area contributed by atoms with E-state index in [1.54, 1.807) is 28.5 Å². The molecule has 1 atom stereocenters. The number of pyridine rings is 2. The van der Waals surface area contributed by atoms with Gasteiger partial charge in [-0.05, 0) is 61.4 Å². The van der Waals surface area contributed by atoms with Gasteiger partial charge in [0.25, 0.3) is 5.56 Å². The molecule has 9 nitrogen and oxygen atoms in total. The fraction of sp³-hybridized carbons (Fsp3) is 0.500. The maximum Gasteiger partial charge on any atom is 0.415 e. The van der Waals surface area contributed by atoms with Crippen LogP contribution in [-0.4, -0.2) is 44.7 Å². The van der Waals surface area contributed by atoms with Crippen molar-refractivity contribution in [3.63, 3.8) is 0 Å². The Labute approximate surface area is 239 Å². The Morgan fingerprint density at radius 3 is 2.63 bits per heavy atom. The summed E-state index contributed by atoms with van der Waals surface area (Å²) < 4.78 is 12.7. The highest BCUT2D eigenvalue weighted by Crippen LogP contribution is 2.40. The van der Waals surface area contributed by atoms with Crippen molar-refractivity contribution < 1.29 is 24.2 Å². The van der Waals surface area contributed by atoms with Gasteiger partial charge >= 0.3 is 12.1 Å². The Balaban J connectivity index is 1.32. The van der Waals surface area contributed by atoms with Gasteiger partial charge in [-0.15, -0.1) is 0 Å². The number of rotatable bonds is 6. The van der Waals surface area contributed by atoms with Gasteiger partial charge in [-0.1, -0.05) is 40.0 Å². The molecule has 0 saturated carbocycles. The minimum Gasteiger partial charge on any atom is -0.458 e. The monoisotopic (exact) mass is 559 g/mol. The van der Waals surface area contributed by atoms with Crippen LogP contribution in [0, 0.1) is 5.92 Å². The molecule has 3 aliphatic rings. The number of amides is 1. The summed E-state index contributed by atoms with van der Waals surface area (Å²) in [7, 11) is 0. The zero-order valence-electron chi connectivity index (χ0n) is 24.0. The quantitative estimate of drug-likeness (QED) is 0.329. The van der Waals surface area contributed by atoms with Gasteiger partial charge in [0.2, 0.25) is 0 Å². The van der Waals surface area contributed by atoms with Crippen molar-refractivity contribution in [2.45, 2.75) is 84.5 Å². The van der Waals surface area contributed by atoms with Crippen molar-refractivity contribution in [2.24, 2.45) is 5.92 Å². The molecule has 3 aromatic rings. The first-order chi connectivity index (χ1) is 19.8. The van der Waals surface area contributed by atoms with Crippen molar-refractivity contribution in [3.8, 4) is 17.1 Å². The van der Waals surface area contributed by atoms with Gasteiger partial charge in [-0.25, -0.2) is 14.6 Å². The molecule has 6 rings (SSSR count). The zero-order valence-corrected chi connectivity index (χ0v) is 24.0. The van der Waals surface area contributed by atoms with E-state index in [9.17, 15) is 19.5 Å². The lowest BCUT2D eigenvalue weighted by Gasteiger charge is -2.31.